The van der Waals surface area contributed by atoms with E-state index in [1.807, 2.05) is 11.6 Å². The van der Waals surface area contributed by atoms with Crippen LogP contribution in [0.3, 0.4) is 0 Å². The van der Waals surface area contributed by atoms with Crippen LogP contribution in [0.5, 0.6) is 5.75 Å². The fourth-order valence-electron chi connectivity index (χ4n) is 3.93. The van der Waals surface area contributed by atoms with Gasteiger partial charge in [-0.15, -0.1) is 0 Å². The monoisotopic (exact) mass is 473 g/mol. The molecule has 2 aromatic carbocycles. The molecule has 0 unspecified atom stereocenters. The Morgan fingerprint density at radius 3 is 2.47 bits per heavy atom. The van der Waals surface area contributed by atoms with Gasteiger partial charge in [0.2, 0.25) is 10.0 Å². The van der Waals surface area contributed by atoms with E-state index in [-0.39, 0.29) is 16.7 Å². The molecule has 0 saturated carbocycles. The topological polar surface area (TPSA) is 81.0 Å². The third-order valence-corrected chi connectivity index (χ3v) is 9.00. The lowest BCUT2D eigenvalue weighted by Crippen LogP contribution is -2.40. The maximum absolute atomic E-state index is 12.9. The number of nitrogens with zero attached hydrogens (tertiary/aromatic N) is 3. The van der Waals surface area contributed by atoms with Gasteiger partial charge in [-0.05, 0) is 61.2 Å². The minimum absolute atomic E-state index is 0.177. The van der Waals surface area contributed by atoms with Gasteiger partial charge in [-0.25, -0.2) is 8.42 Å². The van der Waals surface area contributed by atoms with Gasteiger partial charge in [-0.3, -0.25) is 4.79 Å². The number of carbonyl (C=O) groups excluding carboxylic acids is 1. The fraction of sp³-hybridized carbons (Fsp3) is 0.391. The lowest BCUT2D eigenvalue weighted by atomic mass is 9.98. The van der Waals surface area contributed by atoms with Crippen molar-refractivity contribution in [3.63, 3.8) is 0 Å². The van der Waals surface area contributed by atoms with Gasteiger partial charge in [0.1, 0.15) is 5.75 Å². The Hall–Kier alpha value is -2.49. The number of sulfonamides is 1. The molecule has 1 amide bonds. The number of aromatic nitrogens is 1. The number of thiazole rings is 1. The highest BCUT2D eigenvalue weighted by atomic mass is 32.2. The van der Waals surface area contributed by atoms with Crippen molar-refractivity contribution in [2.24, 2.45) is 18.0 Å². The summed E-state index contributed by atoms with van der Waals surface area (Å²) in [5.74, 6) is 0.160. The summed E-state index contributed by atoms with van der Waals surface area (Å²) >= 11 is 1.51. The highest BCUT2D eigenvalue weighted by molar-refractivity contribution is 7.89. The Labute approximate surface area is 192 Å². The van der Waals surface area contributed by atoms with E-state index in [0.29, 0.717) is 36.5 Å². The zero-order chi connectivity index (χ0) is 22.9. The van der Waals surface area contributed by atoms with Crippen LogP contribution in [-0.2, 0) is 28.3 Å². The molecule has 0 atom stereocenters. The first kappa shape index (κ1) is 22.7. The number of carbonyl (C=O) groups is 1. The summed E-state index contributed by atoms with van der Waals surface area (Å²) < 4.78 is 35.5. The quantitative estimate of drug-likeness (QED) is 0.569. The van der Waals surface area contributed by atoms with Crippen LogP contribution < -0.4 is 9.54 Å². The molecule has 4 rings (SSSR count). The van der Waals surface area contributed by atoms with Crippen LogP contribution in [0, 0.1) is 5.92 Å². The van der Waals surface area contributed by atoms with E-state index in [4.69, 9.17) is 4.74 Å². The molecule has 32 heavy (non-hydrogen) atoms. The van der Waals surface area contributed by atoms with Gasteiger partial charge in [0.25, 0.3) is 5.91 Å². The summed E-state index contributed by atoms with van der Waals surface area (Å²) in [5, 5.41) is 0. The predicted octanol–water partition coefficient (Wildman–Crippen LogP) is 3.34. The molecular weight excluding hydrogens is 446 g/mol. The highest BCUT2D eigenvalue weighted by Gasteiger charge is 2.32. The average molecular weight is 474 g/mol. The summed E-state index contributed by atoms with van der Waals surface area (Å²) in [5.41, 5.74) is 2.31. The summed E-state index contributed by atoms with van der Waals surface area (Å²) in [6.45, 7) is 2.72. The number of amides is 1. The molecule has 170 valence electrons. The van der Waals surface area contributed by atoms with Crippen molar-refractivity contribution < 1.29 is 17.9 Å². The van der Waals surface area contributed by atoms with Gasteiger partial charge in [-0.1, -0.05) is 24.3 Å². The van der Waals surface area contributed by atoms with E-state index in [0.717, 1.165) is 16.6 Å². The first-order chi connectivity index (χ1) is 15.3. The van der Waals surface area contributed by atoms with Crippen molar-refractivity contribution in [3.8, 4) is 5.75 Å². The maximum atomic E-state index is 12.9. The fourth-order valence-corrected chi connectivity index (χ4v) is 6.49. The van der Waals surface area contributed by atoms with Crippen LogP contribution in [0.2, 0.25) is 0 Å². The molecule has 0 N–H and O–H groups in total. The lowest BCUT2D eigenvalue weighted by Gasteiger charge is -2.29. The highest BCUT2D eigenvalue weighted by Crippen LogP contribution is 2.26. The smallest absolute Gasteiger partial charge is 0.251 e. The third-order valence-electron chi connectivity index (χ3n) is 5.99. The minimum atomic E-state index is -3.59. The SMILES string of the molecule is CCc1ccc2c(c1)sc(=NC(=O)C1CCN(S(=O)(=O)c3ccc(OC)cc3)CC1)n2C. The van der Waals surface area contributed by atoms with Crippen molar-refractivity contribution in [2.45, 2.75) is 31.1 Å². The number of hydrogen-bond donors (Lipinski definition) is 0. The summed E-state index contributed by atoms with van der Waals surface area (Å²) in [4.78, 5) is 18.2. The van der Waals surface area contributed by atoms with E-state index in [9.17, 15) is 13.2 Å². The van der Waals surface area contributed by atoms with Crippen molar-refractivity contribution >= 4 is 37.5 Å². The molecular formula is C23H27N3O4S2. The van der Waals surface area contributed by atoms with Crippen LogP contribution in [0.25, 0.3) is 10.2 Å². The Bertz CT molecular complexity index is 1300. The Kier molecular flexibility index (Phi) is 6.50. The second kappa shape index (κ2) is 9.17. The number of hydrogen-bond acceptors (Lipinski definition) is 5. The molecule has 0 bridgehead atoms. The van der Waals surface area contributed by atoms with Gasteiger partial charge in [0, 0.05) is 26.1 Å². The van der Waals surface area contributed by atoms with Crippen LogP contribution in [0.15, 0.2) is 52.4 Å². The predicted molar refractivity (Wildman–Crippen MR) is 125 cm³/mol. The second-order valence-electron chi connectivity index (χ2n) is 7.90. The number of fused-ring (bicyclic) bond motifs is 1. The zero-order valence-electron chi connectivity index (χ0n) is 18.4. The lowest BCUT2D eigenvalue weighted by molar-refractivity contribution is -0.122. The van der Waals surface area contributed by atoms with Crippen molar-refractivity contribution in [1.29, 1.82) is 0 Å². The molecule has 1 fully saturated rings. The van der Waals surface area contributed by atoms with Gasteiger partial charge in [-0.2, -0.15) is 9.30 Å². The van der Waals surface area contributed by atoms with Gasteiger partial charge >= 0.3 is 0 Å². The summed E-state index contributed by atoms with van der Waals surface area (Å²) in [6.07, 6.45) is 1.89. The molecule has 1 saturated heterocycles. The standard InChI is InChI=1S/C23H27N3O4S2/c1-4-16-5-10-20-21(15-16)31-23(25(20)2)24-22(27)17-11-13-26(14-12-17)32(28,29)19-8-6-18(30-3)7-9-19/h5-10,15,17H,4,11-14H2,1-3H3. The first-order valence-electron chi connectivity index (χ1n) is 10.6. The largest absolute Gasteiger partial charge is 0.497 e. The molecule has 1 aromatic heterocycles. The zero-order valence-corrected chi connectivity index (χ0v) is 20.1. The molecule has 2 heterocycles. The molecule has 9 heteroatoms. The molecule has 7 nitrogen and oxygen atoms in total. The average Bonchev–Trinajstić information content (AvgIpc) is 3.13. The summed E-state index contributed by atoms with van der Waals surface area (Å²) in [6, 6.07) is 12.7. The normalized spacial score (nSPS) is 16.5. The van der Waals surface area contributed by atoms with Crippen molar-refractivity contribution in [1.82, 2.24) is 8.87 Å². The molecule has 1 aliphatic heterocycles. The van der Waals surface area contributed by atoms with Crippen LogP contribution in [0.4, 0.5) is 0 Å². The number of piperidine rings is 1. The number of ether oxygens (including phenoxy) is 1. The molecule has 0 spiro atoms. The number of aryl methyl sites for hydroxylation is 2. The van der Waals surface area contributed by atoms with Crippen molar-refractivity contribution in [3.05, 3.63) is 52.8 Å². The first-order valence-corrected chi connectivity index (χ1v) is 12.9. The molecule has 0 aliphatic carbocycles. The minimum Gasteiger partial charge on any atom is -0.497 e. The second-order valence-corrected chi connectivity index (χ2v) is 10.9. The Balaban J connectivity index is 1.47. The molecule has 3 aromatic rings. The Morgan fingerprint density at radius 2 is 1.84 bits per heavy atom. The summed E-state index contributed by atoms with van der Waals surface area (Å²) in [7, 11) is -0.135. The van der Waals surface area contributed by atoms with Gasteiger partial charge < -0.3 is 9.30 Å². The van der Waals surface area contributed by atoms with E-state index >= 15 is 0 Å². The van der Waals surface area contributed by atoms with Crippen LogP contribution in [0.1, 0.15) is 25.3 Å². The van der Waals surface area contributed by atoms with Crippen molar-refractivity contribution in [2.75, 3.05) is 20.2 Å². The molecule has 1 aliphatic rings. The van der Waals surface area contributed by atoms with Crippen LogP contribution in [-0.4, -0.2) is 43.4 Å². The number of rotatable bonds is 5. The van der Waals surface area contributed by atoms with E-state index in [1.165, 1.54) is 28.3 Å². The van der Waals surface area contributed by atoms with Crippen LogP contribution >= 0.6 is 11.3 Å². The van der Waals surface area contributed by atoms with Gasteiger partial charge in [0.15, 0.2) is 4.80 Å². The van der Waals surface area contributed by atoms with Gasteiger partial charge in [0.05, 0.1) is 22.2 Å². The maximum Gasteiger partial charge on any atom is 0.251 e. The van der Waals surface area contributed by atoms with E-state index in [2.05, 4.69) is 30.1 Å². The third kappa shape index (κ3) is 4.37. The van der Waals surface area contributed by atoms with E-state index < -0.39 is 10.0 Å². The number of benzene rings is 2. The molecule has 0 radical (unpaired) electrons. The van der Waals surface area contributed by atoms with E-state index in [1.54, 1.807) is 24.3 Å². The Morgan fingerprint density at radius 1 is 1.16 bits per heavy atom. The number of methoxy groups -OCH3 is 1.